The van der Waals surface area contributed by atoms with E-state index in [9.17, 15) is 14.4 Å². The molecule has 4 rings (SSSR count). The molecule has 0 unspecified atom stereocenters. The zero-order valence-corrected chi connectivity index (χ0v) is 19.6. The molecular weight excluding hydrogens is 450 g/mol. The molecule has 7 heteroatoms. The lowest BCUT2D eigenvalue weighted by Gasteiger charge is -2.14. The van der Waals surface area contributed by atoms with Gasteiger partial charge < -0.3 is 9.47 Å². The number of amides is 2. The summed E-state index contributed by atoms with van der Waals surface area (Å²) in [4.78, 5) is 38.8. The van der Waals surface area contributed by atoms with Crippen LogP contribution in [0.1, 0.15) is 27.0 Å². The van der Waals surface area contributed by atoms with Crippen LogP contribution in [0, 0.1) is 13.8 Å². The van der Waals surface area contributed by atoms with Crippen LogP contribution in [0.2, 0.25) is 0 Å². The lowest BCUT2D eigenvalue weighted by atomic mass is 10.1. The van der Waals surface area contributed by atoms with Gasteiger partial charge in [-0.2, -0.15) is 0 Å². The molecule has 0 atom stereocenters. The minimum absolute atomic E-state index is 0.170. The third kappa shape index (κ3) is 5.55. The van der Waals surface area contributed by atoms with Crippen LogP contribution in [0.5, 0.6) is 11.5 Å². The lowest BCUT2D eigenvalue weighted by Crippen LogP contribution is -2.32. The minimum Gasteiger partial charge on any atom is -0.491 e. The lowest BCUT2D eigenvalue weighted by molar-refractivity contribution is -0.123. The van der Waals surface area contributed by atoms with Crippen molar-refractivity contribution in [2.75, 3.05) is 13.2 Å². The van der Waals surface area contributed by atoms with Crippen molar-refractivity contribution < 1.29 is 23.9 Å². The highest BCUT2D eigenvalue weighted by atomic mass is 32.2. The predicted octanol–water partition coefficient (Wildman–Crippen LogP) is 5.64. The Morgan fingerprint density at radius 2 is 1.71 bits per heavy atom. The summed E-state index contributed by atoms with van der Waals surface area (Å²) in [7, 11) is 0. The van der Waals surface area contributed by atoms with E-state index in [0.29, 0.717) is 16.2 Å². The average molecular weight is 474 g/mol. The Morgan fingerprint density at radius 3 is 2.44 bits per heavy atom. The number of hydrogen-bond acceptors (Lipinski definition) is 6. The van der Waals surface area contributed by atoms with Crippen LogP contribution in [-0.2, 0) is 4.79 Å². The molecule has 6 nitrogen and oxygen atoms in total. The first-order valence-electron chi connectivity index (χ1n) is 10.7. The van der Waals surface area contributed by atoms with E-state index >= 15 is 0 Å². The van der Waals surface area contributed by atoms with Crippen LogP contribution in [0.3, 0.4) is 0 Å². The van der Waals surface area contributed by atoms with Crippen molar-refractivity contribution in [1.29, 1.82) is 0 Å². The largest absolute Gasteiger partial charge is 0.491 e. The fourth-order valence-corrected chi connectivity index (χ4v) is 4.19. The Hall–Kier alpha value is -3.84. The standard InChI is InChI=1S/C27H23NO5S/c1-18-8-9-19(2)23(16-18)32-15-14-28-25(29)24(34-27(28)31)17-20-10-12-22(13-11-20)33-26(30)21-6-4-3-5-7-21/h3-13,16-17H,14-15H2,1-2H3/b24-17-. The van der Waals surface area contributed by atoms with Crippen molar-refractivity contribution in [1.82, 2.24) is 4.90 Å². The molecule has 0 aliphatic carbocycles. The molecule has 2 amide bonds. The van der Waals surface area contributed by atoms with Gasteiger partial charge in [0, 0.05) is 0 Å². The quantitative estimate of drug-likeness (QED) is 0.251. The van der Waals surface area contributed by atoms with Crippen LogP contribution in [0.15, 0.2) is 77.7 Å². The zero-order chi connectivity index (χ0) is 24.1. The van der Waals surface area contributed by atoms with Gasteiger partial charge in [-0.15, -0.1) is 0 Å². The van der Waals surface area contributed by atoms with Gasteiger partial charge >= 0.3 is 5.97 Å². The molecule has 1 fully saturated rings. The number of nitrogens with zero attached hydrogens (tertiary/aromatic N) is 1. The van der Waals surface area contributed by atoms with Crippen molar-refractivity contribution in [3.8, 4) is 11.5 Å². The number of carbonyl (C=O) groups excluding carboxylic acids is 3. The first kappa shape index (κ1) is 23.3. The highest BCUT2D eigenvalue weighted by Gasteiger charge is 2.34. The second-order valence-electron chi connectivity index (χ2n) is 7.78. The van der Waals surface area contributed by atoms with E-state index < -0.39 is 5.97 Å². The molecule has 0 saturated carbocycles. The van der Waals surface area contributed by atoms with Gasteiger partial charge in [-0.1, -0.05) is 42.5 Å². The number of imide groups is 1. The second-order valence-corrected chi connectivity index (χ2v) is 8.77. The van der Waals surface area contributed by atoms with Crippen LogP contribution in [0.4, 0.5) is 4.79 Å². The van der Waals surface area contributed by atoms with Gasteiger partial charge in [0.25, 0.3) is 11.1 Å². The van der Waals surface area contributed by atoms with E-state index in [0.717, 1.165) is 34.2 Å². The SMILES string of the molecule is Cc1ccc(C)c(OCCN2C(=O)S/C(=C\c3ccc(OC(=O)c4ccccc4)cc3)C2=O)c1. The maximum atomic E-state index is 12.7. The Morgan fingerprint density at radius 1 is 0.971 bits per heavy atom. The number of rotatable bonds is 7. The zero-order valence-electron chi connectivity index (χ0n) is 18.8. The number of carbonyl (C=O) groups is 3. The summed E-state index contributed by atoms with van der Waals surface area (Å²) in [5, 5.41) is -0.325. The first-order chi connectivity index (χ1) is 16.4. The molecule has 0 bridgehead atoms. The summed E-state index contributed by atoms with van der Waals surface area (Å²) in [6.45, 7) is 4.32. The Bertz CT molecular complexity index is 1250. The van der Waals surface area contributed by atoms with Gasteiger partial charge in [-0.3, -0.25) is 14.5 Å². The molecule has 3 aromatic rings. The van der Waals surface area contributed by atoms with Gasteiger partial charge in [0.1, 0.15) is 18.1 Å². The summed E-state index contributed by atoms with van der Waals surface area (Å²) in [6.07, 6.45) is 1.65. The van der Waals surface area contributed by atoms with Crippen molar-refractivity contribution in [3.05, 3.63) is 100.0 Å². The van der Waals surface area contributed by atoms with Gasteiger partial charge in [0.2, 0.25) is 0 Å². The van der Waals surface area contributed by atoms with Crippen molar-refractivity contribution in [3.63, 3.8) is 0 Å². The maximum Gasteiger partial charge on any atom is 0.343 e. The summed E-state index contributed by atoms with van der Waals surface area (Å²) in [6, 6.07) is 21.4. The topological polar surface area (TPSA) is 72.9 Å². The Balaban J connectivity index is 1.36. The summed E-state index contributed by atoms with van der Waals surface area (Å²) in [5.41, 5.74) is 3.26. The molecule has 1 saturated heterocycles. The number of aryl methyl sites for hydroxylation is 2. The summed E-state index contributed by atoms with van der Waals surface area (Å²) in [5.74, 6) is 0.343. The number of hydrogen-bond donors (Lipinski definition) is 0. The van der Waals surface area contributed by atoms with E-state index in [2.05, 4.69) is 0 Å². The van der Waals surface area contributed by atoms with Crippen molar-refractivity contribution in [2.24, 2.45) is 0 Å². The molecule has 1 heterocycles. The number of ether oxygens (including phenoxy) is 2. The second kappa shape index (κ2) is 10.4. The van der Waals surface area contributed by atoms with Crippen LogP contribution >= 0.6 is 11.8 Å². The molecule has 0 aromatic heterocycles. The highest BCUT2D eigenvalue weighted by Crippen LogP contribution is 2.32. The molecule has 1 aliphatic heterocycles. The predicted molar refractivity (Wildman–Crippen MR) is 132 cm³/mol. The molecule has 172 valence electrons. The minimum atomic E-state index is -0.447. The van der Waals surface area contributed by atoms with E-state index in [1.54, 1.807) is 54.6 Å². The van der Waals surface area contributed by atoms with Crippen LogP contribution in [0.25, 0.3) is 6.08 Å². The molecule has 1 aliphatic rings. The summed E-state index contributed by atoms with van der Waals surface area (Å²) < 4.78 is 11.2. The van der Waals surface area contributed by atoms with Crippen LogP contribution < -0.4 is 9.47 Å². The first-order valence-corrected chi connectivity index (χ1v) is 11.5. The fraction of sp³-hybridized carbons (Fsp3) is 0.148. The maximum absolute atomic E-state index is 12.7. The monoisotopic (exact) mass is 473 g/mol. The molecule has 0 N–H and O–H groups in total. The van der Waals surface area contributed by atoms with Crippen molar-refractivity contribution in [2.45, 2.75) is 13.8 Å². The summed E-state index contributed by atoms with van der Waals surface area (Å²) >= 11 is 0.898. The highest BCUT2D eigenvalue weighted by molar-refractivity contribution is 8.18. The van der Waals surface area contributed by atoms with Gasteiger partial charge in [0.15, 0.2) is 0 Å². The van der Waals surface area contributed by atoms with E-state index in [1.165, 1.54) is 4.90 Å². The number of esters is 1. The fourth-order valence-electron chi connectivity index (χ4n) is 3.33. The smallest absolute Gasteiger partial charge is 0.343 e. The van der Waals surface area contributed by atoms with Crippen LogP contribution in [-0.4, -0.2) is 35.2 Å². The Kier molecular flexibility index (Phi) is 7.13. The third-order valence-electron chi connectivity index (χ3n) is 5.19. The molecular formula is C27H23NO5S. The normalized spacial score (nSPS) is 14.5. The number of thioether (sulfide) groups is 1. The van der Waals surface area contributed by atoms with E-state index in [4.69, 9.17) is 9.47 Å². The molecule has 3 aromatic carbocycles. The molecule has 34 heavy (non-hydrogen) atoms. The van der Waals surface area contributed by atoms with E-state index in [1.807, 2.05) is 38.1 Å². The van der Waals surface area contributed by atoms with Gasteiger partial charge in [-0.05, 0) is 78.7 Å². The Labute approximate surface area is 202 Å². The molecule has 0 radical (unpaired) electrons. The van der Waals surface area contributed by atoms with Crippen molar-refractivity contribution >= 4 is 35.0 Å². The van der Waals surface area contributed by atoms with E-state index in [-0.39, 0.29) is 24.3 Å². The van der Waals surface area contributed by atoms with Gasteiger partial charge in [0.05, 0.1) is 17.0 Å². The third-order valence-corrected chi connectivity index (χ3v) is 6.09. The van der Waals surface area contributed by atoms with Gasteiger partial charge in [-0.25, -0.2) is 4.79 Å². The average Bonchev–Trinajstić information content (AvgIpc) is 3.10. The molecule has 0 spiro atoms. The number of benzene rings is 3.